The van der Waals surface area contributed by atoms with E-state index in [1.54, 1.807) is 0 Å². The van der Waals surface area contributed by atoms with Crippen LogP contribution >= 0.6 is 0 Å². The van der Waals surface area contributed by atoms with Crippen LogP contribution in [0.4, 0.5) is 5.82 Å². The first-order valence-corrected chi connectivity index (χ1v) is 10.7. The number of anilines is 1. The van der Waals surface area contributed by atoms with Crippen molar-refractivity contribution < 1.29 is 13.5 Å². The quantitative estimate of drug-likeness (QED) is 0.778. The molecular weight excluding hydrogens is 364 g/mol. The van der Waals surface area contributed by atoms with Gasteiger partial charge in [-0.1, -0.05) is 38.1 Å². The number of aliphatic hydroxyl groups is 1. The Balaban J connectivity index is 1.63. The highest BCUT2D eigenvalue weighted by molar-refractivity contribution is 7.88. The smallest absolute Gasteiger partial charge is 0.216 e. The molecule has 8 heteroatoms. The van der Waals surface area contributed by atoms with Crippen molar-refractivity contribution in [3.63, 3.8) is 0 Å². The fourth-order valence-corrected chi connectivity index (χ4v) is 4.55. The van der Waals surface area contributed by atoms with Gasteiger partial charge in [0.25, 0.3) is 0 Å². The van der Waals surface area contributed by atoms with E-state index in [0.29, 0.717) is 24.8 Å². The van der Waals surface area contributed by atoms with E-state index in [1.807, 2.05) is 48.2 Å². The molecule has 1 saturated heterocycles. The highest BCUT2D eigenvalue weighted by Crippen LogP contribution is 2.20. The molecule has 1 aromatic heterocycles. The van der Waals surface area contributed by atoms with Crippen molar-refractivity contribution in [1.82, 2.24) is 14.9 Å². The monoisotopic (exact) mass is 390 g/mol. The number of rotatable bonds is 6. The Morgan fingerprint density at radius 1 is 1.15 bits per heavy atom. The number of aromatic nitrogens is 2. The second-order valence-electron chi connectivity index (χ2n) is 7.38. The van der Waals surface area contributed by atoms with Gasteiger partial charge in [0.1, 0.15) is 0 Å². The predicted octanol–water partition coefficient (Wildman–Crippen LogP) is 1.58. The normalized spacial score (nSPS) is 20.4. The van der Waals surface area contributed by atoms with Crippen molar-refractivity contribution >= 4 is 15.8 Å². The average molecular weight is 391 g/mol. The van der Waals surface area contributed by atoms with Gasteiger partial charge in [-0.25, -0.2) is 13.1 Å². The third-order valence-electron chi connectivity index (χ3n) is 4.73. The number of aliphatic hydroxyl groups excluding tert-OH is 1. The van der Waals surface area contributed by atoms with E-state index < -0.39 is 22.2 Å². The van der Waals surface area contributed by atoms with Crippen molar-refractivity contribution in [3.05, 3.63) is 53.2 Å². The Bertz CT molecular complexity index is 867. The standard InChI is InChI=1S/C19H26N4O3S/c1-13(2)16-7-5-15(6-8-16)12-27(25,26)22-17-10-23(11-18(17)24)19-9-4-14(3)20-21-19/h4-9,13,17-18,22,24H,10-12H2,1-3H3/t17-,18-/m0/s1. The average Bonchev–Trinajstić information content (AvgIpc) is 2.95. The van der Waals surface area contributed by atoms with Crippen LogP contribution in [-0.2, 0) is 15.8 Å². The number of hydrogen-bond donors (Lipinski definition) is 2. The van der Waals surface area contributed by atoms with Crippen molar-refractivity contribution in [1.29, 1.82) is 0 Å². The lowest BCUT2D eigenvalue weighted by atomic mass is 10.0. The number of hydrogen-bond acceptors (Lipinski definition) is 6. The van der Waals surface area contributed by atoms with E-state index in [2.05, 4.69) is 28.8 Å². The van der Waals surface area contributed by atoms with Crippen LogP contribution in [0.1, 0.15) is 36.6 Å². The van der Waals surface area contributed by atoms with E-state index in [-0.39, 0.29) is 5.75 Å². The van der Waals surface area contributed by atoms with Crippen LogP contribution in [0.25, 0.3) is 0 Å². The molecule has 0 spiro atoms. The Kier molecular flexibility index (Phi) is 5.78. The summed E-state index contributed by atoms with van der Waals surface area (Å²) in [7, 11) is -3.57. The lowest BCUT2D eigenvalue weighted by Crippen LogP contribution is -2.43. The van der Waals surface area contributed by atoms with Crippen LogP contribution in [0.3, 0.4) is 0 Å². The minimum atomic E-state index is -3.57. The van der Waals surface area contributed by atoms with Crippen LogP contribution in [0.15, 0.2) is 36.4 Å². The Morgan fingerprint density at radius 2 is 1.85 bits per heavy atom. The van der Waals surface area contributed by atoms with Crippen LogP contribution < -0.4 is 9.62 Å². The van der Waals surface area contributed by atoms with Gasteiger partial charge in [0.15, 0.2) is 5.82 Å². The SMILES string of the molecule is Cc1ccc(N2C[C@H](NS(=O)(=O)Cc3ccc(C(C)C)cc3)[C@@H](O)C2)nn1. The van der Waals surface area contributed by atoms with Gasteiger partial charge in [-0.3, -0.25) is 0 Å². The van der Waals surface area contributed by atoms with Gasteiger partial charge < -0.3 is 10.0 Å². The molecule has 1 aromatic carbocycles. The lowest BCUT2D eigenvalue weighted by molar-refractivity contribution is 0.174. The summed E-state index contributed by atoms with van der Waals surface area (Å²) in [5.41, 5.74) is 2.70. The zero-order valence-corrected chi connectivity index (χ0v) is 16.6. The van der Waals surface area contributed by atoms with Crippen molar-refractivity contribution in [2.24, 2.45) is 0 Å². The van der Waals surface area contributed by atoms with Crippen LogP contribution in [-0.4, -0.2) is 49.0 Å². The van der Waals surface area contributed by atoms with E-state index in [4.69, 9.17) is 0 Å². The highest BCUT2D eigenvalue weighted by atomic mass is 32.2. The Hall–Kier alpha value is -2.03. The van der Waals surface area contributed by atoms with Crippen molar-refractivity contribution in [3.8, 4) is 0 Å². The van der Waals surface area contributed by atoms with Crippen molar-refractivity contribution in [2.75, 3.05) is 18.0 Å². The summed E-state index contributed by atoms with van der Waals surface area (Å²) >= 11 is 0. The fourth-order valence-electron chi connectivity index (χ4n) is 3.14. The maximum Gasteiger partial charge on any atom is 0.216 e. The molecule has 27 heavy (non-hydrogen) atoms. The molecule has 0 bridgehead atoms. The first kappa shape index (κ1) is 19.7. The third-order valence-corrected chi connectivity index (χ3v) is 6.11. The second kappa shape index (κ2) is 7.92. The number of β-amino-alcohol motifs (C(OH)–C–C–N with tert-alkyl or cyclic N) is 1. The van der Waals surface area contributed by atoms with E-state index in [9.17, 15) is 13.5 Å². The molecule has 0 aliphatic carbocycles. The van der Waals surface area contributed by atoms with Gasteiger partial charge in [0, 0.05) is 13.1 Å². The molecule has 2 heterocycles. The summed E-state index contributed by atoms with van der Waals surface area (Å²) in [4.78, 5) is 1.84. The van der Waals surface area contributed by atoms with Crippen LogP contribution in [0.2, 0.25) is 0 Å². The topological polar surface area (TPSA) is 95.4 Å². The molecule has 7 nitrogen and oxygen atoms in total. The van der Waals surface area contributed by atoms with E-state index in [0.717, 1.165) is 11.3 Å². The van der Waals surface area contributed by atoms with Gasteiger partial charge >= 0.3 is 0 Å². The molecule has 1 aliphatic rings. The Labute approximate surface area is 160 Å². The van der Waals surface area contributed by atoms with Gasteiger partial charge in [0.05, 0.1) is 23.6 Å². The number of aryl methyl sites for hydroxylation is 1. The molecule has 0 radical (unpaired) electrons. The van der Waals surface area contributed by atoms with Gasteiger partial charge in [-0.15, -0.1) is 5.10 Å². The maximum atomic E-state index is 12.5. The molecular formula is C19H26N4O3S. The number of sulfonamides is 1. The zero-order chi connectivity index (χ0) is 19.6. The van der Waals surface area contributed by atoms with Crippen LogP contribution in [0, 0.1) is 6.92 Å². The first-order chi connectivity index (χ1) is 12.7. The summed E-state index contributed by atoms with van der Waals surface area (Å²) < 4.78 is 27.7. The van der Waals surface area contributed by atoms with Crippen molar-refractivity contribution in [2.45, 2.75) is 44.6 Å². The predicted molar refractivity (Wildman–Crippen MR) is 105 cm³/mol. The van der Waals surface area contributed by atoms with Gasteiger partial charge in [-0.2, -0.15) is 5.10 Å². The molecule has 0 saturated carbocycles. The summed E-state index contributed by atoms with van der Waals surface area (Å²) in [6.45, 7) is 6.70. The molecule has 146 valence electrons. The van der Waals surface area contributed by atoms with E-state index >= 15 is 0 Å². The molecule has 2 N–H and O–H groups in total. The fraction of sp³-hybridized carbons (Fsp3) is 0.474. The highest BCUT2D eigenvalue weighted by Gasteiger charge is 2.35. The number of nitrogens with zero attached hydrogens (tertiary/aromatic N) is 3. The lowest BCUT2D eigenvalue weighted by Gasteiger charge is -2.17. The third kappa shape index (κ3) is 5.03. The number of benzene rings is 1. The molecule has 1 aliphatic heterocycles. The molecule has 0 unspecified atom stereocenters. The second-order valence-corrected chi connectivity index (χ2v) is 9.14. The maximum absolute atomic E-state index is 12.5. The van der Waals surface area contributed by atoms with Gasteiger partial charge in [-0.05, 0) is 36.1 Å². The largest absolute Gasteiger partial charge is 0.390 e. The number of nitrogens with one attached hydrogen (secondary N) is 1. The molecule has 2 atom stereocenters. The molecule has 2 aromatic rings. The Morgan fingerprint density at radius 3 is 2.44 bits per heavy atom. The van der Waals surface area contributed by atoms with Gasteiger partial charge in [0.2, 0.25) is 10.0 Å². The first-order valence-electron chi connectivity index (χ1n) is 9.06. The minimum Gasteiger partial charge on any atom is -0.390 e. The molecule has 0 amide bonds. The zero-order valence-electron chi connectivity index (χ0n) is 15.8. The summed E-state index contributed by atoms with van der Waals surface area (Å²) in [6, 6.07) is 10.7. The summed E-state index contributed by atoms with van der Waals surface area (Å²) in [5.74, 6) is 0.919. The van der Waals surface area contributed by atoms with E-state index in [1.165, 1.54) is 5.56 Å². The molecule has 3 rings (SSSR count). The van der Waals surface area contributed by atoms with Crippen LogP contribution in [0.5, 0.6) is 0 Å². The molecule has 1 fully saturated rings. The summed E-state index contributed by atoms with van der Waals surface area (Å²) in [6.07, 6.45) is -0.800. The summed E-state index contributed by atoms with van der Waals surface area (Å²) in [5, 5.41) is 18.4. The minimum absolute atomic E-state index is 0.112.